The van der Waals surface area contributed by atoms with E-state index in [1.807, 2.05) is 12.1 Å². The fourth-order valence-corrected chi connectivity index (χ4v) is 2.55. The first kappa shape index (κ1) is 14.7. The monoisotopic (exact) mass is 279 g/mol. The molecule has 0 bridgehead atoms. The quantitative estimate of drug-likeness (QED) is 0.661. The van der Waals surface area contributed by atoms with Crippen LogP contribution in [-0.4, -0.2) is 42.7 Å². The van der Waals surface area contributed by atoms with Crippen molar-refractivity contribution < 1.29 is 9.66 Å². The number of morpholine rings is 1. The van der Waals surface area contributed by atoms with Gasteiger partial charge in [-0.05, 0) is 18.1 Å². The van der Waals surface area contributed by atoms with Crippen LogP contribution in [0.25, 0.3) is 0 Å². The summed E-state index contributed by atoms with van der Waals surface area (Å²) in [6.45, 7) is 5.38. The lowest BCUT2D eigenvalue weighted by Crippen LogP contribution is -2.44. The summed E-state index contributed by atoms with van der Waals surface area (Å²) >= 11 is 0. The van der Waals surface area contributed by atoms with Crippen molar-refractivity contribution in [3.63, 3.8) is 0 Å². The third kappa shape index (κ3) is 3.26. The highest BCUT2D eigenvalue weighted by molar-refractivity contribution is 5.62. The van der Waals surface area contributed by atoms with Gasteiger partial charge in [-0.25, -0.2) is 0 Å². The van der Waals surface area contributed by atoms with E-state index in [0.717, 1.165) is 38.3 Å². The number of ether oxygens (including phenoxy) is 1. The van der Waals surface area contributed by atoms with Crippen molar-refractivity contribution >= 4 is 11.4 Å². The first-order valence-electron chi connectivity index (χ1n) is 6.92. The summed E-state index contributed by atoms with van der Waals surface area (Å²) in [6.07, 6.45) is 1.05. The molecule has 1 fully saturated rings. The molecular formula is C14H21N3O3. The number of hydrogen-bond donors (Lipinski definition) is 1. The second-order valence-corrected chi connectivity index (χ2v) is 4.97. The SMILES string of the molecule is CCC1COCCN1Cc1ccc([N+](=O)[O-])c(NC)c1. The molecule has 2 rings (SSSR count). The van der Waals surface area contributed by atoms with E-state index in [1.165, 1.54) is 0 Å². The van der Waals surface area contributed by atoms with Gasteiger partial charge in [0.2, 0.25) is 0 Å². The maximum Gasteiger partial charge on any atom is 0.292 e. The molecule has 6 heteroatoms. The second-order valence-electron chi connectivity index (χ2n) is 4.97. The van der Waals surface area contributed by atoms with E-state index < -0.39 is 0 Å². The Kier molecular flexibility index (Phi) is 4.92. The Morgan fingerprint density at radius 3 is 3.00 bits per heavy atom. The lowest BCUT2D eigenvalue weighted by atomic mass is 10.1. The third-order valence-corrected chi connectivity index (χ3v) is 3.73. The molecule has 1 aromatic carbocycles. The minimum atomic E-state index is -0.362. The highest BCUT2D eigenvalue weighted by Crippen LogP contribution is 2.26. The van der Waals surface area contributed by atoms with E-state index in [4.69, 9.17) is 4.74 Å². The molecule has 0 radical (unpaired) electrons. The molecule has 1 aliphatic heterocycles. The van der Waals surface area contributed by atoms with Gasteiger partial charge < -0.3 is 10.1 Å². The van der Waals surface area contributed by atoms with Crippen molar-refractivity contribution in [3.05, 3.63) is 33.9 Å². The smallest absolute Gasteiger partial charge is 0.292 e. The van der Waals surface area contributed by atoms with Crippen LogP contribution < -0.4 is 5.32 Å². The largest absolute Gasteiger partial charge is 0.383 e. The van der Waals surface area contributed by atoms with E-state index in [0.29, 0.717) is 11.7 Å². The molecule has 0 aliphatic carbocycles. The van der Waals surface area contributed by atoms with E-state index in [2.05, 4.69) is 17.1 Å². The average molecular weight is 279 g/mol. The fraction of sp³-hybridized carbons (Fsp3) is 0.571. The van der Waals surface area contributed by atoms with E-state index in [9.17, 15) is 10.1 Å². The zero-order valence-corrected chi connectivity index (χ0v) is 12.0. The van der Waals surface area contributed by atoms with Crippen molar-refractivity contribution in [2.45, 2.75) is 25.9 Å². The Morgan fingerprint density at radius 2 is 2.35 bits per heavy atom. The Labute approximate surface area is 118 Å². The molecule has 1 heterocycles. The second kappa shape index (κ2) is 6.67. The zero-order chi connectivity index (χ0) is 14.5. The van der Waals surface area contributed by atoms with Crippen LogP contribution in [-0.2, 0) is 11.3 Å². The summed E-state index contributed by atoms with van der Waals surface area (Å²) in [5.41, 5.74) is 1.76. The van der Waals surface area contributed by atoms with Crippen LogP contribution in [0.4, 0.5) is 11.4 Å². The van der Waals surface area contributed by atoms with Crippen LogP contribution in [0.1, 0.15) is 18.9 Å². The van der Waals surface area contributed by atoms with Gasteiger partial charge in [-0.15, -0.1) is 0 Å². The number of nitro groups is 1. The number of rotatable bonds is 5. The Balaban J connectivity index is 2.14. The first-order valence-corrected chi connectivity index (χ1v) is 6.92. The van der Waals surface area contributed by atoms with E-state index >= 15 is 0 Å². The molecule has 0 amide bonds. The van der Waals surface area contributed by atoms with Crippen LogP contribution in [0, 0.1) is 10.1 Å². The van der Waals surface area contributed by atoms with E-state index in [-0.39, 0.29) is 10.6 Å². The Bertz CT molecular complexity index is 479. The van der Waals surface area contributed by atoms with Crippen LogP contribution in [0.5, 0.6) is 0 Å². The summed E-state index contributed by atoms with van der Waals surface area (Å²) in [7, 11) is 1.70. The molecular weight excluding hydrogens is 258 g/mol. The molecule has 0 spiro atoms. The highest BCUT2D eigenvalue weighted by Gasteiger charge is 2.22. The minimum absolute atomic E-state index is 0.116. The van der Waals surface area contributed by atoms with Gasteiger partial charge in [0.15, 0.2) is 0 Å². The van der Waals surface area contributed by atoms with Crippen molar-refractivity contribution in [1.82, 2.24) is 4.90 Å². The molecule has 110 valence electrons. The Morgan fingerprint density at radius 1 is 1.55 bits per heavy atom. The van der Waals surface area contributed by atoms with Gasteiger partial charge in [-0.2, -0.15) is 0 Å². The van der Waals surface area contributed by atoms with Gasteiger partial charge in [0.05, 0.1) is 18.1 Å². The first-order chi connectivity index (χ1) is 9.65. The molecule has 0 saturated carbocycles. The summed E-state index contributed by atoms with van der Waals surface area (Å²) in [5, 5.41) is 13.8. The van der Waals surface area contributed by atoms with Gasteiger partial charge >= 0.3 is 0 Å². The summed E-state index contributed by atoms with van der Waals surface area (Å²) in [6, 6.07) is 5.70. The molecule has 1 atom stereocenters. The zero-order valence-electron chi connectivity index (χ0n) is 12.0. The minimum Gasteiger partial charge on any atom is -0.383 e. The van der Waals surface area contributed by atoms with Gasteiger partial charge in [0.25, 0.3) is 5.69 Å². The third-order valence-electron chi connectivity index (χ3n) is 3.73. The predicted octanol–water partition coefficient (Wildman–Crippen LogP) is 2.25. The standard InChI is InChI=1S/C14H21N3O3/c1-3-12-10-20-7-6-16(12)9-11-4-5-14(17(18)19)13(8-11)15-2/h4-5,8,12,15H,3,6-7,9-10H2,1-2H3. The van der Waals surface area contributed by atoms with Gasteiger partial charge in [0, 0.05) is 32.2 Å². The number of nitrogens with one attached hydrogen (secondary N) is 1. The number of anilines is 1. The molecule has 1 aliphatic rings. The summed E-state index contributed by atoms with van der Waals surface area (Å²) in [4.78, 5) is 12.9. The molecule has 20 heavy (non-hydrogen) atoms. The van der Waals surface area contributed by atoms with Crippen LogP contribution >= 0.6 is 0 Å². The van der Waals surface area contributed by atoms with Gasteiger partial charge in [-0.1, -0.05) is 13.0 Å². The van der Waals surface area contributed by atoms with Crippen molar-refractivity contribution in [1.29, 1.82) is 0 Å². The molecule has 6 nitrogen and oxygen atoms in total. The van der Waals surface area contributed by atoms with Crippen LogP contribution in [0.3, 0.4) is 0 Å². The van der Waals surface area contributed by atoms with Crippen LogP contribution in [0.2, 0.25) is 0 Å². The maximum atomic E-state index is 10.9. The number of hydrogen-bond acceptors (Lipinski definition) is 5. The van der Waals surface area contributed by atoms with Crippen molar-refractivity contribution in [3.8, 4) is 0 Å². The fourth-order valence-electron chi connectivity index (χ4n) is 2.55. The predicted molar refractivity (Wildman–Crippen MR) is 78.0 cm³/mol. The number of nitrogens with zero attached hydrogens (tertiary/aromatic N) is 2. The normalized spacial score (nSPS) is 19.8. The lowest BCUT2D eigenvalue weighted by molar-refractivity contribution is -0.384. The topological polar surface area (TPSA) is 67.6 Å². The number of benzene rings is 1. The summed E-state index contributed by atoms with van der Waals surface area (Å²) in [5.74, 6) is 0. The highest BCUT2D eigenvalue weighted by atomic mass is 16.6. The Hall–Kier alpha value is -1.66. The molecule has 0 aromatic heterocycles. The van der Waals surface area contributed by atoms with Gasteiger partial charge in [-0.3, -0.25) is 15.0 Å². The molecule has 1 saturated heterocycles. The van der Waals surface area contributed by atoms with Crippen molar-refractivity contribution in [2.75, 3.05) is 32.1 Å². The maximum absolute atomic E-state index is 10.9. The van der Waals surface area contributed by atoms with E-state index in [1.54, 1.807) is 13.1 Å². The number of nitro benzene ring substituents is 1. The average Bonchev–Trinajstić information content (AvgIpc) is 2.47. The molecule has 1 N–H and O–H groups in total. The van der Waals surface area contributed by atoms with Crippen molar-refractivity contribution in [2.24, 2.45) is 0 Å². The summed E-state index contributed by atoms with van der Waals surface area (Å²) < 4.78 is 5.49. The molecule has 1 unspecified atom stereocenters. The van der Waals surface area contributed by atoms with Gasteiger partial charge in [0.1, 0.15) is 5.69 Å². The molecule has 1 aromatic rings. The van der Waals surface area contributed by atoms with Crippen LogP contribution in [0.15, 0.2) is 18.2 Å². The lowest BCUT2D eigenvalue weighted by Gasteiger charge is -2.35.